The second-order valence-corrected chi connectivity index (χ2v) is 6.80. The Morgan fingerprint density at radius 1 is 1.38 bits per heavy atom. The number of aliphatic hydroxyl groups excluding tert-OH is 1. The monoisotopic (exact) mass is 329 g/mol. The maximum atomic E-state index is 12.5. The molecular weight excluding hydrogens is 306 g/mol. The second kappa shape index (κ2) is 6.18. The number of β-amino-alcohol motifs (C(OH)–C–C–N with tert-alkyl or cyclic N) is 1. The number of piperidine rings is 1. The molecule has 6 heteroatoms. The van der Waals surface area contributed by atoms with Gasteiger partial charge in [0, 0.05) is 32.7 Å². The van der Waals surface area contributed by atoms with E-state index in [1.165, 1.54) is 0 Å². The van der Waals surface area contributed by atoms with Crippen LogP contribution in [0.25, 0.3) is 11.0 Å². The van der Waals surface area contributed by atoms with Crippen molar-refractivity contribution in [2.75, 3.05) is 19.7 Å². The first-order chi connectivity index (χ1) is 11.7. The highest BCUT2D eigenvalue weighted by atomic mass is 16.5. The third kappa shape index (κ3) is 2.70. The highest BCUT2D eigenvalue weighted by molar-refractivity contribution is 5.77. The number of likely N-dealkylation sites (tertiary alicyclic amines) is 1. The maximum Gasteiger partial charge on any atom is 0.224 e. The van der Waals surface area contributed by atoms with E-state index in [2.05, 4.69) is 4.98 Å². The van der Waals surface area contributed by atoms with Crippen LogP contribution in [0.15, 0.2) is 30.6 Å². The fourth-order valence-corrected chi connectivity index (χ4v) is 3.93. The van der Waals surface area contributed by atoms with Gasteiger partial charge in [-0.05, 0) is 31.4 Å². The fraction of sp³-hybridized carbons (Fsp3) is 0.556. The Labute approximate surface area is 141 Å². The summed E-state index contributed by atoms with van der Waals surface area (Å²) in [5, 5.41) is 10.4. The van der Waals surface area contributed by atoms with Crippen LogP contribution >= 0.6 is 0 Å². The topological polar surface area (TPSA) is 67.6 Å². The van der Waals surface area contributed by atoms with Crippen molar-refractivity contribution in [2.45, 2.75) is 43.9 Å². The van der Waals surface area contributed by atoms with Crippen LogP contribution in [0, 0.1) is 0 Å². The zero-order valence-electron chi connectivity index (χ0n) is 13.7. The van der Waals surface area contributed by atoms with E-state index in [0.717, 1.165) is 36.9 Å². The summed E-state index contributed by atoms with van der Waals surface area (Å²) in [5.41, 5.74) is 1.58. The number of benzene rings is 1. The molecule has 6 nitrogen and oxygen atoms in total. The number of aromatic nitrogens is 2. The summed E-state index contributed by atoms with van der Waals surface area (Å²) in [5.74, 6) is 0.0830. The molecule has 2 aromatic rings. The van der Waals surface area contributed by atoms with Crippen molar-refractivity contribution in [3.8, 4) is 0 Å². The van der Waals surface area contributed by atoms with E-state index in [0.29, 0.717) is 26.1 Å². The zero-order valence-corrected chi connectivity index (χ0v) is 13.7. The molecule has 1 spiro atoms. The molecule has 24 heavy (non-hydrogen) atoms. The number of carbonyl (C=O) groups is 1. The van der Waals surface area contributed by atoms with E-state index >= 15 is 0 Å². The summed E-state index contributed by atoms with van der Waals surface area (Å²) < 4.78 is 7.80. The molecular formula is C18H23N3O3. The Bertz CT molecular complexity index is 736. The maximum absolute atomic E-state index is 12.5. The van der Waals surface area contributed by atoms with Crippen LogP contribution in [0.1, 0.15) is 25.7 Å². The Morgan fingerprint density at radius 3 is 3.04 bits per heavy atom. The van der Waals surface area contributed by atoms with Crippen LogP contribution in [0.3, 0.4) is 0 Å². The minimum Gasteiger partial charge on any atom is -0.388 e. The summed E-state index contributed by atoms with van der Waals surface area (Å²) in [6, 6.07) is 7.92. The number of fused-ring (bicyclic) bond motifs is 1. The van der Waals surface area contributed by atoms with Crippen molar-refractivity contribution in [1.82, 2.24) is 14.5 Å². The highest BCUT2D eigenvalue weighted by Crippen LogP contribution is 2.36. The summed E-state index contributed by atoms with van der Waals surface area (Å²) in [6.45, 7) is 2.37. The first-order valence-corrected chi connectivity index (χ1v) is 8.68. The number of aliphatic hydroxyl groups is 1. The number of para-hydroxylation sites is 2. The molecule has 3 heterocycles. The van der Waals surface area contributed by atoms with Crippen LogP contribution in [-0.4, -0.2) is 56.9 Å². The van der Waals surface area contributed by atoms with Gasteiger partial charge in [-0.2, -0.15) is 0 Å². The number of hydrogen-bond acceptors (Lipinski definition) is 4. The molecule has 0 bridgehead atoms. The lowest BCUT2D eigenvalue weighted by molar-refractivity contribution is -0.152. The zero-order chi connectivity index (χ0) is 16.6. The Balaban J connectivity index is 1.37. The van der Waals surface area contributed by atoms with Crippen LogP contribution in [0.5, 0.6) is 0 Å². The van der Waals surface area contributed by atoms with E-state index in [9.17, 15) is 9.90 Å². The van der Waals surface area contributed by atoms with Gasteiger partial charge in [-0.1, -0.05) is 12.1 Å². The van der Waals surface area contributed by atoms with E-state index in [1.807, 2.05) is 28.8 Å². The predicted octanol–water partition coefficient (Wildman–Crippen LogP) is 1.57. The molecule has 4 rings (SSSR count). The van der Waals surface area contributed by atoms with Gasteiger partial charge in [-0.3, -0.25) is 4.79 Å². The van der Waals surface area contributed by atoms with Gasteiger partial charge in [0.05, 0.1) is 23.0 Å². The Kier molecular flexibility index (Phi) is 4.02. The molecule has 0 unspecified atom stereocenters. The van der Waals surface area contributed by atoms with Gasteiger partial charge in [-0.25, -0.2) is 4.98 Å². The SMILES string of the molecule is O=C(CCn1cnc2ccccc21)N1CC[C@@]2(CCCO2)[C@@H](O)C1. The molecule has 128 valence electrons. The molecule has 0 aliphatic carbocycles. The van der Waals surface area contributed by atoms with Crippen LogP contribution < -0.4 is 0 Å². The van der Waals surface area contributed by atoms with Gasteiger partial charge >= 0.3 is 0 Å². The lowest BCUT2D eigenvalue weighted by atomic mass is 9.86. The van der Waals surface area contributed by atoms with Crippen molar-refractivity contribution < 1.29 is 14.6 Å². The second-order valence-electron chi connectivity index (χ2n) is 6.80. The number of rotatable bonds is 3. The third-order valence-electron chi connectivity index (χ3n) is 5.39. The van der Waals surface area contributed by atoms with Crippen molar-refractivity contribution in [2.24, 2.45) is 0 Å². The molecule has 1 aromatic carbocycles. The number of aryl methyl sites for hydroxylation is 1. The summed E-state index contributed by atoms with van der Waals surface area (Å²) in [4.78, 5) is 18.6. The van der Waals surface area contributed by atoms with Crippen molar-refractivity contribution in [1.29, 1.82) is 0 Å². The van der Waals surface area contributed by atoms with Gasteiger partial charge in [0.1, 0.15) is 6.10 Å². The molecule has 0 radical (unpaired) electrons. The van der Waals surface area contributed by atoms with Crippen LogP contribution in [0.4, 0.5) is 0 Å². The number of nitrogens with zero attached hydrogens (tertiary/aromatic N) is 3. The predicted molar refractivity (Wildman–Crippen MR) is 89.5 cm³/mol. The number of imidazole rings is 1. The number of amides is 1. The van der Waals surface area contributed by atoms with Crippen molar-refractivity contribution in [3.05, 3.63) is 30.6 Å². The van der Waals surface area contributed by atoms with Gasteiger partial charge in [0.15, 0.2) is 0 Å². The Morgan fingerprint density at radius 2 is 2.25 bits per heavy atom. The number of ether oxygens (including phenoxy) is 1. The molecule has 2 fully saturated rings. The minimum atomic E-state index is -0.577. The molecule has 1 aromatic heterocycles. The van der Waals surface area contributed by atoms with Gasteiger partial charge in [-0.15, -0.1) is 0 Å². The normalized spacial score (nSPS) is 27.2. The van der Waals surface area contributed by atoms with E-state index in [4.69, 9.17) is 4.74 Å². The van der Waals surface area contributed by atoms with Crippen LogP contribution in [0.2, 0.25) is 0 Å². The lowest BCUT2D eigenvalue weighted by Gasteiger charge is -2.42. The van der Waals surface area contributed by atoms with Gasteiger partial charge < -0.3 is 19.3 Å². The highest BCUT2D eigenvalue weighted by Gasteiger charge is 2.46. The average Bonchev–Trinajstić information content (AvgIpc) is 3.23. The van der Waals surface area contributed by atoms with E-state index in [1.54, 1.807) is 11.2 Å². The third-order valence-corrected chi connectivity index (χ3v) is 5.39. The first kappa shape index (κ1) is 15.6. The quantitative estimate of drug-likeness (QED) is 0.928. The fourth-order valence-electron chi connectivity index (χ4n) is 3.93. The van der Waals surface area contributed by atoms with E-state index < -0.39 is 11.7 Å². The molecule has 2 atom stereocenters. The van der Waals surface area contributed by atoms with Crippen molar-refractivity contribution >= 4 is 16.9 Å². The minimum absolute atomic E-state index is 0.0830. The molecule has 1 amide bonds. The molecule has 2 aliphatic rings. The Hall–Kier alpha value is -1.92. The lowest BCUT2D eigenvalue weighted by Crippen LogP contribution is -2.56. The average molecular weight is 329 g/mol. The molecule has 1 N–H and O–H groups in total. The first-order valence-electron chi connectivity index (χ1n) is 8.68. The van der Waals surface area contributed by atoms with Gasteiger partial charge in [0.25, 0.3) is 0 Å². The smallest absolute Gasteiger partial charge is 0.224 e. The standard InChI is InChI=1S/C18H23N3O3/c22-16-12-20(10-8-18(16)7-3-11-24-18)17(23)6-9-21-13-19-14-4-1-2-5-15(14)21/h1-2,4-5,13,16,22H,3,6-12H2/t16-,18-/m0/s1. The van der Waals surface area contributed by atoms with Crippen molar-refractivity contribution in [3.63, 3.8) is 0 Å². The number of hydrogen-bond donors (Lipinski definition) is 1. The summed E-state index contributed by atoms with van der Waals surface area (Å²) in [7, 11) is 0. The largest absolute Gasteiger partial charge is 0.388 e. The number of carbonyl (C=O) groups excluding carboxylic acids is 1. The van der Waals surface area contributed by atoms with Gasteiger partial charge in [0.2, 0.25) is 5.91 Å². The van der Waals surface area contributed by atoms with Crippen LogP contribution in [-0.2, 0) is 16.1 Å². The summed E-state index contributed by atoms with van der Waals surface area (Å²) in [6.07, 6.45) is 4.25. The molecule has 2 aliphatic heterocycles. The molecule has 2 saturated heterocycles. The molecule has 0 saturated carbocycles. The summed E-state index contributed by atoms with van der Waals surface area (Å²) >= 11 is 0. The van der Waals surface area contributed by atoms with E-state index in [-0.39, 0.29) is 5.91 Å².